The summed E-state index contributed by atoms with van der Waals surface area (Å²) in [6, 6.07) is 13.9. The fourth-order valence-corrected chi connectivity index (χ4v) is 3.35. The van der Waals surface area contributed by atoms with Gasteiger partial charge in [0.05, 0.1) is 0 Å². The van der Waals surface area contributed by atoms with Crippen molar-refractivity contribution in [1.82, 2.24) is 0 Å². The summed E-state index contributed by atoms with van der Waals surface area (Å²) < 4.78 is 3.39. The molecule has 1 aromatic carbocycles. The summed E-state index contributed by atoms with van der Waals surface area (Å²) in [6.07, 6.45) is -0.376. The second kappa shape index (κ2) is 4.11. The van der Waals surface area contributed by atoms with Crippen molar-refractivity contribution in [2.75, 3.05) is 0 Å². The Morgan fingerprint density at radius 1 is 1.00 bits per heavy atom. The fraction of sp³-hybridized carbons (Fsp3) is 0.0909. The van der Waals surface area contributed by atoms with E-state index in [1.165, 1.54) is 3.58 Å². The Morgan fingerprint density at radius 2 is 1.77 bits per heavy atom. The zero-order valence-corrected chi connectivity index (χ0v) is 9.38. The Bertz CT molecular complexity index is 353. The van der Waals surface area contributed by atoms with Gasteiger partial charge in [-0.15, -0.1) is 0 Å². The summed E-state index contributed by atoms with van der Waals surface area (Å²) in [7, 11) is 0. The van der Waals surface area contributed by atoms with Crippen molar-refractivity contribution in [2.24, 2.45) is 0 Å². The van der Waals surface area contributed by atoms with Gasteiger partial charge in [0.1, 0.15) is 0 Å². The second-order valence-corrected chi connectivity index (χ2v) is 5.62. The molecule has 2 rings (SSSR count). The van der Waals surface area contributed by atoms with Gasteiger partial charge in [0.25, 0.3) is 0 Å². The summed E-state index contributed by atoms with van der Waals surface area (Å²) in [5.74, 6) is 0. The quantitative estimate of drug-likeness (QED) is 0.835. The van der Waals surface area contributed by atoms with E-state index in [0.717, 1.165) is 5.56 Å². The van der Waals surface area contributed by atoms with Gasteiger partial charge in [0.15, 0.2) is 0 Å². The average molecular weight is 286 g/mol. The third kappa shape index (κ3) is 2.03. The molecule has 0 aliphatic carbocycles. The molecule has 1 unspecified atom stereocenters. The van der Waals surface area contributed by atoms with Crippen molar-refractivity contribution in [3.8, 4) is 0 Å². The summed E-state index contributed by atoms with van der Waals surface area (Å²) in [4.78, 5) is 0. The maximum absolute atomic E-state index is 9.94. The third-order valence-electron chi connectivity index (χ3n) is 1.93. The first-order valence-electron chi connectivity index (χ1n) is 4.14. The van der Waals surface area contributed by atoms with E-state index in [4.69, 9.17) is 0 Å². The van der Waals surface area contributed by atoms with E-state index in [1.807, 2.05) is 42.5 Å². The Hall–Kier alpha value is -0.550. The predicted octanol–water partition coefficient (Wildman–Crippen LogP) is 1.83. The van der Waals surface area contributed by atoms with Crippen LogP contribution in [-0.2, 0) is 0 Å². The molecule has 0 amide bonds. The van der Waals surface area contributed by atoms with Gasteiger partial charge < -0.3 is 0 Å². The topological polar surface area (TPSA) is 20.2 Å². The molecule has 0 radical (unpaired) electrons. The molecule has 13 heavy (non-hydrogen) atoms. The summed E-state index contributed by atoms with van der Waals surface area (Å²) in [5, 5.41) is 9.94. The second-order valence-electron chi connectivity index (χ2n) is 2.83. The standard InChI is InChI=1S/C11H10OTe/c12-11(10-7-4-8-13-10)9-5-2-1-3-6-9/h1-8,11-12H. The van der Waals surface area contributed by atoms with Gasteiger partial charge in [-0.1, -0.05) is 0 Å². The first-order valence-corrected chi connectivity index (χ1v) is 6.65. The summed E-state index contributed by atoms with van der Waals surface area (Å²) >= 11 is -0.228. The van der Waals surface area contributed by atoms with Gasteiger partial charge in [-0.25, -0.2) is 0 Å². The van der Waals surface area contributed by atoms with E-state index >= 15 is 0 Å². The molecule has 66 valence electrons. The van der Waals surface area contributed by atoms with Crippen molar-refractivity contribution < 1.29 is 5.11 Å². The van der Waals surface area contributed by atoms with Gasteiger partial charge >= 0.3 is 87.3 Å². The Labute approximate surface area is 87.3 Å². The van der Waals surface area contributed by atoms with Crippen LogP contribution in [0.25, 0.3) is 0 Å². The number of hydrogen-bond donors (Lipinski definition) is 1. The normalized spacial score (nSPS) is 12.7. The molecule has 0 saturated carbocycles. The monoisotopic (exact) mass is 288 g/mol. The molecule has 0 bridgehead atoms. The molecule has 1 N–H and O–H groups in total. The van der Waals surface area contributed by atoms with Crippen LogP contribution in [0.15, 0.2) is 46.5 Å². The van der Waals surface area contributed by atoms with Gasteiger partial charge in [-0.05, 0) is 0 Å². The van der Waals surface area contributed by atoms with Gasteiger partial charge in [-0.2, -0.15) is 0 Å². The molecule has 0 spiro atoms. The number of benzene rings is 1. The molecule has 1 atom stereocenters. The van der Waals surface area contributed by atoms with Gasteiger partial charge in [0, 0.05) is 0 Å². The van der Waals surface area contributed by atoms with E-state index in [0.29, 0.717) is 0 Å². The van der Waals surface area contributed by atoms with E-state index in [2.05, 4.69) is 4.08 Å². The van der Waals surface area contributed by atoms with E-state index in [9.17, 15) is 5.11 Å². The molecule has 0 aliphatic rings. The van der Waals surface area contributed by atoms with Crippen LogP contribution in [0.4, 0.5) is 0 Å². The van der Waals surface area contributed by atoms with Crippen LogP contribution in [0.5, 0.6) is 0 Å². The first-order chi connectivity index (χ1) is 6.38. The molecule has 0 aliphatic heterocycles. The first kappa shape index (κ1) is 9.02. The van der Waals surface area contributed by atoms with Crippen LogP contribution in [-0.4, -0.2) is 25.5 Å². The zero-order valence-electron chi connectivity index (χ0n) is 7.05. The zero-order chi connectivity index (χ0) is 9.10. The molecular formula is C11H10OTe. The molecule has 0 fully saturated rings. The summed E-state index contributed by atoms with van der Waals surface area (Å²) in [6.45, 7) is 0. The van der Waals surface area contributed by atoms with Crippen molar-refractivity contribution in [3.05, 3.63) is 55.7 Å². The van der Waals surface area contributed by atoms with Crippen molar-refractivity contribution in [1.29, 1.82) is 0 Å². The van der Waals surface area contributed by atoms with Gasteiger partial charge in [-0.3, -0.25) is 0 Å². The molecule has 1 nitrogen and oxygen atoms in total. The van der Waals surface area contributed by atoms with Crippen LogP contribution < -0.4 is 0 Å². The van der Waals surface area contributed by atoms with Gasteiger partial charge in [0.2, 0.25) is 0 Å². The van der Waals surface area contributed by atoms with Crippen LogP contribution >= 0.6 is 0 Å². The van der Waals surface area contributed by atoms with Crippen LogP contribution in [0.3, 0.4) is 0 Å². The minimum atomic E-state index is -0.376. The van der Waals surface area contributed by atoms with Crippen molar-refractivity contribution >= 4 is 20.4 Å². The van der Waals surface area contributed by atoms with E-state index in [1.54, 1.807) is 0 Å². The predicted molar refractivity (Wildman–Crippen MR) is 53.9 cm³/mol. The Kier molecular flexibility index (Phi) is 2.85. The minimum absolute atomic E-state index is 0.228. The van der Waals surface area contributed by atoms with E-state index < -0.39 is 0 Å². The van der Waals surface area contributed by atoms with Crippen LogP contribution in [0, 0.1) is 0 Å². The molecular weight excluding hydrogens is 276 g/mol. The third-order valence-corrected chi connectivity index (χ3v) is 4.57. The SMILES string of the molecule is OC(c1ccccc1)c1ccc[te]1. The Balaban J connectivity index is 2.29. The molecule has 1 aromatic heterocycles. The van der Waals surface area contributed by atoms with Crippen molar-refractivity contribution in [2.45, 2.75) is 6.10 Å². The Morgan fingerprint density at radius 3 is 2.38 bits per heavy atom. The molecule has 1 heterocycles. The van der Waals surface area contributed by atoms with Crippen molar-refractivity contribution in [3.63, 3.8) is 0 Å². The molecule has 2 aromatic rings. The molecule has 2 heteroatoms. The van der Waals surface area contributed by atoms with Crippen LogP contribution in [0.1, 0.15) is 15.2 Å². The fourth-order valence-electron chi connectivity index (χ4n) is 1.25. The number of aliphatic hydroxyl groups is 1. The molecule has 0 saturated heterocycles. The average Bonchev–Trinajstić information content (AvgIpc) is 2.71. The van der Waals surface area contributed by atoms with Crippen LogP contribution in [0.2, 0.25) is 0 Å². The maximum atomic E-state index is 9.94. The number of rotatable bonds is 2. The number of hydrogen-bond acceptors (Lipinski definition) is 1. The summed E-state index contributed by atoms with van der Waals surface area (Å²) in [5.41, 5.74) is 1.00. The van der Waals surface area contributed by atoms with E-state index in [-0.39, 0.29) is 26.5 Å². The number of aliphatic hydroxyl groups excluding tert-OH is 1.